The minimum atomic E-state index is 0. The van der Waals surface area contributed by atoms with Gasteiger partial charge in [0.15, 0.2) is 5.96 Å². The van der Waals surface area contributed by atoms with Crippen molar-refractivity contribution >= 4 is 29.9 Å². The molecule has 0 spiro atoms. The second-order valence-corrected chi connectivity index (χ2v) is 5.18. The molecule has 0 atom stereocenters. The van der Waals surface area contributed by atoms with Gasteiger partial charge in [-0.15, -0.1) is 24.0 Å². The third kappa shape index (κ3) is 6.81. The first-order valence-electron chi connectivity index (χ1n) is 7.88. The Bertz CT molecular complexity index is 646. The molecule has 0 aliphatic carbocycles. The van der Waals surface area contributed by atoms with Crippen LogP contribution >= 0.6 is 24.0 Å². The van der Waals surface area contributed by atoms with Crippen molar-refractivity contribution in [2.24, 2.45) is 4.99 Å². The van der Waals surface area contributed by atoms with Gasteiger partial charge in [-0.3, -0.25) is 4.99 Å². The zero-order valence-electron chi connectivity index (χ0n) is 14.9. The summed E-state index contributed by atoms with van der Waals surface area (Å²) in [6, 6.07) is 5.77. The minimum absolute atomic E-state index is 0. The SMILES string of the molecule is CN=C(NCCCn1ccnc1)NCc1ccc(OC)cc1OC.I. The van der Waals surface area contributed by atoms with Crippen LogP contribution in [0.15, 0.2) is 41.9 Å². The second kappa shape index (κ2) is 11.6. The Hall–Kier alpha value is -1.97. The number of hydrogen-bond acceptors (Lipinski definition) is 4. The topological polar surface area (TPSA) is 72.7 Å². The number of methoxy groups -OCH3 is 2. The van der Waals surface area contributed by atoms with E-state index in [-0.39, 0.29) is 24.0 Å². The van der Waals surface area contributed by atoms with Gasteiger partial charge >= 0.3 is 0 Å². The van der Waals surface area contributed by atoms with Crippen LogP contribution < -0.4 is 20.1 Å². The highest BCUT2D eigenvalue weighted by molar-refractivity contribution is 14.0. The largest absolute Gasteiger partial charge is 0.497 e. The molecule has 0 radical (unpaired) electrons. The first-order chi connectivity index (χ1) is 11.8. The monoisotopic (exact) mass is 459 g/mol. The number of benzene rings is 1. The number of imidazole rings is 1. The van der Waals surface area contributed by atoms with Crippen molar-refractivity contribution in [3.8, 4) is 11.5 Å². The van der Waals surface area contributed by atoms with E-state index < -0.39 is 0 Å². The molecular weight excluding hydrogens is 433 g/mol. The second-order valence-electron chi connectivity index (χ2n) is 5.18. The zero-order valence-corrected chi connectivity index (χ0v) is 17.2. The molecule has 0 aliphatic rings. The van der Waals surface area contributed by atoms with Crippen molar-refractivity contribution in [2.75, 3.05) is 27.8 Å². The number of ether oxygens (including phenoxy) is 2. The van der Waals surface area contributed by atoms with Crippen LogP contribution in [-0.2, 0) is 13.1 Å². The molecule has 0 fully saturated rings. The molecule has 1 heterocycles. The number of guanidine groups is 1. The molecule has 1 aromatic carbocycles. The Morgan fingerprint density at radius 2 is 2.08 bits per heavy atom. The third-order valence-electron chi connectivity index (χ3n) is 3.61. The van der Waals surface area contributed by atoms with E-state index in [0.29, 0.717) is 6.54 Å². The molecule has 25 heavy (non-hydrogen) atoms. The number of halogens is 1. The fourth-order valence-electron chi connectivity index (χ4n) is 2.28. The highest BCUT2D eigenvalue weighted by atomic mass is 127. The summed E-state index contributed by atoms with van der Waals surface area (Å²) in [5.41, 5.74) is 1.04. The predicted octanol–water partition coefficient (Wildman–Crippen LogP) is 2.27. The number of aryl methyl sites for hydroxylation is 1. The van der Waals surface area contributed by atoms with Crippen LogP contribution in [0.4, 0.5) is 0 Å². The van der Waals surface area contributed by atoms with Crippen LogP contribution in [0.5, 0.6) is 11.5 Å². The maximum absolute atomic E-state index is 5.40. The minimum Gasteiger partial charge on any atom is -0.497 e. The van der Waals surface area contributed by atoms with Crippen molar-refractivity contribution < 1.29 is 9.47 Å². The molecule has 8 heteroatoms. The van der Waals surface area contributed by atoms with E-state index in [0.717, 1.165) is 42.5 Å². The van der Waals surface area contributed by atoms with E-state index in [1.165, 1.54) is 0 Å². The van der Waals surface area contributed by atoms with Crippen molar-refractivity contribution in [2.45, 2.75) is 19.5 Å². The summed E-state index contributed by atoms with van der Waals surface area (Å²) in [4.78, 5) is 8.27. The number of aromatic nitrogens is 2. The van der Waals surface area contributed by atoms with E-state index in [2.05, 4.69) is 25.2 Å². The molecule has 0 aliphatic heterocycles. The first kappa shape index (κ1) is 21.1. The van der Waals surface area contributed by atoms with Crippen LogP contribution in [0.25, 0.3) is 0 Å². The summed E-state index contributed by atoms with van der Waals surface area (Å²) < 4.78 is 12.7. The lowest BCUT2D eigenvalue weighted by molar-refractivity contribution is 0.390. The van der Waals surface area contributed by atoms with Gasteiger partial charge in [0.1, 0.15) is 11.5 Å². The molecule has 2 aromatic rings. The van der Waals surface area contributed by atoms with E-state index in [1.54, 1.807) is 27.5 Å². The standard InChI is InChI=1S/C17H25N5O2.HI/c1-18-17(20-7-4-9-22-10-8-19-13-22)21-12-14-5-6-15(23-2)11-16(14)24-3;/h5-6,8,10-11,13H,4,7,9,12H2,1-3H3,(H2,18,20,21);1H. The van der Waals surface area contributed by atoms with Crippen molar-refractivity contribution in [3.05, 3.63) is 42.5 Å². The van der Waals surface area contributed by atoms with Gasteiger partial charge < -0.3 is 24.7 Å². The van der Waals surface area contributed by atoms with E-state index in [4.69, 9.17) is 9.47 Å². The number of nitrogens with zero attached hydrogens (tertiary/aromatic N) is 3. The van der Waals surface area contributed by atoms with Crippen molar-refractivity contribution in [1.82, 2.24) is 20.2 Å². The van der Waals surface area contributed by atoms with Gasteiger partial charge in [0.25, 0.3) is 0 Å². The molecule has 0 unspecified atom stereocenters. The molecule has 138 valence electrons. The Morgan fingerprint density at radius 1 is 1.24 bits per heavy atom. The maximum atomic E-state index is 5.40. The highest BCUT2D eigenvalue weighted by Crippen LogP contribution is 2.24. The van der Waals surface area contributed by atoms with Gasteiger partial charge in [0.05, 0.1) is 20.5 Å². The Labute approximate surface area is 165 Å². The molecule has 2 rings (SSSR count). The molecule has 2 N–H and O–H groups in total. The number of rotatable bonds is 8. The quantitative estimate of drug-likeness (QED) is 0.274. The van der Waals surface area contributed by atoms with Gasteiger partial charge in [-0.05, 0) is 18.6 Å². The molecular formula is C17H26IN5O2. The lowest BCUT2D eigenvalue weighted by Crippen LogP contribution is -2.37. The van der Waals surface area contributed by atoms with Crippen LogP contribution in [0, 0.1) is 0 Å². The van der Waals surface area contributed by atoms with E-state index in [9.17, 15) is 0 Å². The molecule has 0 saturated carbocycles. The van der Waals surface area contributed by atoms with Crippen LogP contribution in [0.2, 0.25) is 0 Å². The molecule has 1 aromatic heterocycles. The molecule has 0 bridgehead atoms. The average molecular weight is 459 g/mol. The Morgan fingerprint density at radius 3 is 2.72 bits per heavy atom. The van der Waals surface area contributed by atoms with Crippen LogP contribution in [0.1, 0.15) is 12.0 Å². The van der Waals surface area contributed by atoms with Crippen LogP contribution in [0.3, 0.4) is 0 Å². The fraction of sp³-hybridized carbons (Fsp3) is 0.412. The molecule has 7 nitrogen and oxygen atoms in total. The Balaban J connectivity index is 0.00000312. The third-order valence-corrected chi connectivity index (χ3v) is 3.61. The highest BCUT2D eigenvalue weighted by Gasteiger charge is 2.06. The van der Waals surface area contributed by atoms with Gasteiger partial charge in [-0.2, -0.15) is 0 Å². The summed E-state index contributed by atoms with van der Waals surface area (Å²) in [7, 11) is 5.06. The van der Waals surface area contributed by atoms with E-state index in [1.807, 2.05) is 30.7 Å². The summed E-state index contributed by atoms with van der Waals surface area (Å²) in [5, 5.41) is 6.59. The van der Waals surface area contributed by atoms with Gasteiger partial charge in [-0.1, -0.05) is 0 Å². The average Bonchev–Trinajstić information content (AvgIpc) is 3.14. The molecule has 0 saturated heterocycles. The number of hydrogen-bond donors (Lipinski definition) is 2. The van der Waals surface area contributed by atoms with Gasteiger partial charge in [0, 0.05) is 50.7 Å². The maximum Gasteiger partial charge on any atom is 0.191 e. The lowest BCUT2D eigenvalue weighted by atomic mass is 10.2. The first-order valence-corrected chi connectivity index (χ1v) is 7.88. The summed E-state index contributed by atoms with van der Waals surface area (Å²) in [6.07, 6.45) is 6.56. The van der Waals surface area contributed by atoms with Crippen molar-refractivity contribution in [1.29, 1.82) is 0 Å². The number of aliphatic imine (C=N–C) groups is 1. The summed E-state index contributed by atoms with van der Waals surface area (Å²) in [5.74, 6) is 2.33. The Kier molecular flexibility index (Phi) is 9.75. The lowest BCUT2D eigenvalue weighted by Gasteiger charge is -2.14. The predicted molar refractivity (Wildman–Crippen MR) is 110 cm³/mol. The molecule has 0 amide bonds. The van der Waals surface area contributed by atoms with Crippen molar-refractivity contribution in [3.63, 3.8) is 0 Å². The summed E-state index contributed by atoms with van der Waals surface area (Å²) >= 11 is 0. The number of nitrogens with one attached hydrogen (secondary N) is 2. The summed E-state index contributed by atoms with van der Waals surface area (Å²) in [6.45, 7) is 2.38. The van der Waals surface area contributed by atoms with Gasteiger partial charge in [0.2, 0.25) is 0 Å². The smallest absolute Gasteiger partial charge is 0.191 e. The van der Waals surface area contributed by atoms with Crippen LogP contribution in [-0.4, -0.2) is 43.3 Å². The zero-order chi connectivity index (χ0) is 17.2. The van der Waals surface area contributed by atoms with Gasteiger partial charge in [-0.25, -0.2) is 4.98 Å². The fourth-order valence-corrected chi connectivity index (χ4v) is 2.28. The normalized spacial score (nSPS) is 10.8. The van der Waals surface area contributed by atoms with E-state index >= 15 is 0 Å².